The number of methoxy groups -OCH3 is 1. The van der Waals surface area contributed by atoms with Gasteiger partial charge in [-0.15, -0.1) is 0 Å². The molecule has 29 heavy (non-hydrogen) atoms. The third kappa shape index (κ3) is 23.3. The van der Waals surface area contributed by atoms with Gasteiger partial charge in [-0.2, -0.15) is 6.42 Å². The van der Waals surface area contributed by atoms with Crippen LogP contribution < -0.4 is 4.74 Å². The smallest absolute Gasteiger partial charge is 0.792 e. The zero-order valence-electron chi connectivity index (χ0n) is 17.6. The van der Waals surface area contributed by atoms with Crippen molar-refractivity contribution in [3.8, 4) is 5.75 Å². The molecule has 0 bridgehead atoms. The van der Waals surface area contributed by atoms with E-state index in [9.17, 15) is 10.4 Å². The molecule has 166 valence electrons. The van der Waals surface area contributed by atoms with E-state index in [1.165, 1.54) is 34.1 Å². The summed E-state index contributed by atoms with van der Waals surface area (Å²) in [5, 5.41) is 45.8. The average molecular weight is 455 g/mol. The number of nitrogens with zero attached hydrogens (tertiary/aromatic N) is 5. The fourth-order valence-corrected chi connectivity index (χ4v) is 0.751. The van der Waals surface area contributed by atoms with E-state index in [-0.39, 0.29) is 39.6 Å². The topological polar surface area (TPSA) is 158 Å². The van der Waals surface area contributed by atoms with E-state index in [0.29, 0.717) is 0 Å². The van der Waals surface area contributed by atoms with Crippen LogP contribution in [-0.2, 0) is 16.8 Å². The minimum Gasteiger partial charge on any atom is -0.792 e. The Kier molecular flexibility index (Phi) is 29.6. The molecule has 1 aromatic rings. The number of oxime groups is 2. The van der Waals surface area contributed by atoms with Gasteiger partial charge in [0.2, 0.25) is 0 Å². The maximum atomic E-state index is 9.63. The van der Waals surface area contributed by atoms with Gasteiger partial charge in [-0.1, -0.05) is 23.7 Å². The maximum Gasteiger partial charge on any atom is 3.00 e. The minimum atomic E-state index is 0. The molecular formula is C18H30CoN5O5. The molecule has 0 amide bonds. The Morgan fingerprint density at radius 1 is 0.966 bits per heavy atom. The first kappa shape index (κ1) is 33.9. The largest absolute Gasteiger partial charge is 3.00 e. The van der Waals surface area contributed by atoms with Crippen LogP contribution in [0.3, 0.4) is 0 Å². The molecule has 0 aromatic carbocycles. The molecule has 0 fully saturated rings. The van der Waals surface area contributed by atoms with Crippen LogP contribution in [0, 0.1) is 17.3 Å². The predicted molar refractivity (Wildman–Crippen MR) is 114 cm³/mol. The minimum absolute atomic E-state index is 0. The van der Waals surface area contributed by atoms with Crippen LogP contribution in [0.4, 0.5) is 0 Å². The Morgan fingerprint density at radius 2 is 1.31 bits per heavy atom. The van der Waals surface area contributed by atoms with Crippen molar-refractivity contribution in [2.75, 3.05) is 7.11 Å². The summed E-state index contributed by atoms with van der Waals surface area (Å²) in [5.41, 5.74) is 0.903. The molecule has 0 aliphatic heterocycles. The first-order valence-corrected chi connectivity index (χ1v) is 8.24. The zero-order chi connectivity index (χ0) is 22.4. The van der Waals surface area contributed by atoms with Gasteiger partial charge in [0.25, 0.3) is 0 Å². The third-order valence-electron chi connectivity index (χ3n) is 2.86. The van der Waals surface area contributed by atoms with Crippen molar-refractivity contribution < 1.29 is 31.9 Å². The number of rotatable bonds is 4. The van der Waals surface area contributed by atoms with Crippen LogP contribution in [0.2, 0.25) is 0 Å². The Bertz CT molecular complexity index is 542. The van der Waals surface area contributed by atoms with E-state index in [2.05, 4.69) is 39.5 Å². The fraction of sp³-hybridized carbons (Fsp3) is 0.444. The molecule has 10 nitrogen and oxygen atoms in total. The summed E-state index contributed by atoms with van der Waals surface area (Å²) in [6.45, 7) is 11.7. The quantitative estimate of drug-likeness (QED) is 0.298. The summed E-state index contributed by atoms with van der Waals surface area (Å²) in [7, 11) is 1.63. The molecule has 0 spiro atoms. The Hall–Kier alpha value is -2.66. The maximum absolute atomic E-state index is 9.63. The van der Waals surface area contributed by atoms with Gasteiger partial charge in [0.15, 0.2) is 0 Å². The van der Waals surface area contributed by atoms with Gasteiger partial charge in [0, 0.05) is 12.4 Å². The number of ether oxygens (including phenoxy) is 1. The Balaban J connectivity index is -0.000000146. The molecule has 1 aromatic heterocycles. The number of unbranched alkanes of at least 4 members (excludes halogenated alkanes) is 1. The molecule has 0 saturated heterocycles. The van der Waals surface area contributed by atoms with E-state index in [0.717, 1.165) is 12.2 Å². The van der Waals surface area contributed by atoms with Crippen molar-refractivity contribution >= 4 is 22.8 Å². The van der Waals surface area contributed by atoms with Crippen molar-refractivity contribution in [3.63, 3.8) is 0 Å². The molecule has 0 radical (unpaired) electrons. The van der Waals surface area contributed by atoms with Crippen LogP contribution >= 0.6 is 0 Å². The number of hydrogen-bond acceptors (Lipinski definition) is 10. The monoisotopic (exact) mass is 455 g/mol. The molecule has 1 heterocycles. The second kappa shape index (κ2) is 25.3. The first-order chi connectivity index (χ1) is 13.3. The van der Waals surface area contributed by atoms with E-state index < -0.39 is 0 Å². The SMILES string of the molecule is CC(=N\[O-])/C(C)=N/O.CC(=N\[O-])/C(C)=N/O.COc1ccncc1.[CH2-]CCC.[Co+3]. The first-order valence-electron chi connectivity index (χ1n) is 8.24. The van der Waals surface area contributed by atoms with Gasteiger partial charge in [-0.3, -0.25) is 4.98 Å². The van der Waals surface area contributed by atoms with Gasteiger partial charge in [0.1, 0.15) is 5.75 Å². The summed E-state index contributed by atoms with van der Waals surface area (Å²) < 4.78 is 4.87. The average Bonchev–Trinajstić information content (AvgIpc) is 2.78. The van der Waals surface area contributed by atoms with Crippen molar-refractivity contribution in [2.24, 2.45) is 20.6 Å². The van der Waals surface area contributed by atoms with E-state index in [1.807, 2.05) is 0 Å². The zero-order valence-corrected chi connectivity index (χ0v) is 18.7. The normalized spacial score (nSPS) is 11.3. The van der Waals surface area contributed by atoms with Crippen molar-refractivity contribution in [1.29, 1.82) is 0 Å². The molecule has 0 atom stereocenters. The molecule has 0 aliphatic rings. The molecule has 0 saturated carbocycles. The second-order valence-electron chi connectivity index (χ2n) is 4.96. The van der Waals surface area contributed by atoms with E-state index in [1.54, 1.807) is 31.6 Å². The summed E-state index contributed by atoms with van der Waals surface area (Å²) in [4.78, 5) is 3.81. The molecule has 2 N–H and O–H groups in total. The molecule has 0 unspecified atom stereocenters. The summed E-state index contributed by atoms with van der Waals surface area (Å²) in [5.74, 6) is 0.847. The van der Waals surface area contributed by atoms with Crippen LogP contribution in [0.1, 0.15) is 47.5 Å². The molecule has 1 rings (SSSR count). The fourth-order valence-electron chi connectivity index (χ4n) is 0.751. The number of aromatic nitrogens is 1. The molecular weight excluding hydrogens is 425 g/mol. The van der Waals surface area contributed by atoms with Gasteiger partial charge in [-0.05, 0) is 39.8 Å². The Morgan fingerprint density at radius 3 is 1.45 bits per heavy atom. The van der Waals surface area contributed by atoms with Gasteiger partial charge in [0.05, 0.1) is 30.0 Å². The summed E-state index contributed by atoms with van der Waals surface area (Å²) in [6.07, 6.45) is 5.66. The number of pyridine rings is 1. The Labute approximate surface area is 182 Å². The van der Waals surface area contributed by atoms with Gasteiger partial charge in [-0.25, -0.2) is 0 Å². The van der Waals surface area contributed by atoms with E-state index >= 15 is 0 Å². The van der Waals surface area contributed by atoms with Gasteiger partial charge < -0.3 is 42.8 Å². The second-order valence-corrected chi connectivity index (χ2v) is 4.96. The van der Waals surface area contributed by atoms with E-state index in [4.69, 9.17) is 15.2 Å². The van der Waals surface area contributed by atoms with Crippen molar-refractivity contribution in [2.45, 2.75) is 47.5 Å². The van der Waals surface area contributed by atoms with Crippen LogP contribution in [0.15, 0.2) is 45.1 Å². The third-order valence-corrected chi connectivity index (χ3v) is 2.86. The summed E-state index contributed by atoms with van der Waals surface area (Å²) in [6, 6.07) is 3.61. The predicted octanol–water partition coefficient (Wildman–Crippen LogP) is 4.30. The van der Waals surface area contributed by atoms with Gasteiger partial charge >= 0.3 is 16.8 Å². The van der Waals surface area contributed by atoms with Crippen molar-refractivity contribution in [3.05, 3.63) is 41.9 Å². The van der Waals surface area contributed by atoms with Crippen LogP contribution in [0.25, 0.3) is 0 Å². The van der Waals surface area contributed by atoms with Crippen LogP contribution in [0.5, 0.6) is 5.75 Å². The summed E-state index contributed by atoms with van der Waals surface area (Å²) >= 11 is 0. The number of hydrogen-bond donors (Lipinski definition) is 2. The van der Waals surface area contributed by atoms with Crippen molar-refractivity contribution in [1.82, 2.24) is 4.98 Å². The molecule has 0 aliphatic carbocycles. The standard InChI is InChI=1S/C6H7NO.2C4H8N2O2.C4H9.Co/c1-8-6-2-4-7-5-3-6;2*1-3(5-7)4(2)6-8;1-3-4-2;/h2-5H,1H3;2*7-8H,1-2H3;1,3-4H2,2H3;/q;;;-1;+3/p-2/b;2*5-3+,6-4+;;. The van der Waals surface area contributed by atoms with Crippen LogP contribution in [-0.4, -0.2) is 45.4 Å². The molecule has 11 heteroatoms.